The van der Waals surface area contributed by atoms with Crippen LogP contribution in [-0.2, 0) is 17.8 Å². The summed E-state index contributed by atoms with van der Waals surface area (Å²) in [6.45, 7) is 2.14. The van der Waals surface area contributed by atoms with E-state index in [0.29, 0.717) is 12.1 Å². The van der Waals surface area contributed by atoms with Gasteiger partial charge in [0, 0.05) is 23.9 Å². The Kier molecular flexibility index (Phi) is 3.74. The SMILES string of the molecule is Cc1ccc2c(c1)c1c(n2CC(O)CC(=O)O)C(=O)CCC1. The summed E-state index contributed by atoms with van der Waals surface area (Å²) >= 11 is 0. The van der Waals surface area contributed by atoms with Gasteiger partial charge in [-0.05, 0) is 37.5 Å². The number of aliphatic hydroxyl groups excluding tert-OH is 1. The van der Waals surface area contributed by atoms with Crippen molar-refractivity contribution < 1.29 is 19.8 Å². The summed E-state index contributed by atoms with van der Waals surface area (Å²) in [7, 11) is 0. The van der Waals surface area contributed by atoms with Crippen LogP contribution < -0.4 is 0 Å². The Hall–Kier alpha value is -2.14. The Balaban J connectivity index is 2.13. The fourth-order valence-electron chi connectivity index (χ4n) is 3.32. The van der Waals surface area contributed by atoms with Crippen LogP contribution in [0.3, 0.4) is 0 Å². The lowest BCUT2D eigenvalue weighted by Crippen LogP contribution is -2.23. The predicted molar refractivity (Wildman–Crippen MR) is 82.2 cm³/mol. The molecule has 0 saturated carbocycles. The molecule has 1 aliphatic rings. The van der Waals surface area contributed by atoms with Gasteiger partial charge in [0.1, 0.15) is 0 Å². The summed E-state index contributed by atoms with van der Waals surface area (Å²) in [5.41, 5.74) is 3.71. The standard InChI is InChI=1S/C17H19NO4/c1-10-5-6-14-13(7-10)12-3-2-4-15(20)17(12)18(14)9-11(19)8-16(21)22/h5-7,11,19H,2-4,8-9H2,1H3,(H,21,22). The minimum atomic E-state index is -1.04. The topological polar surface area (TPSA) is 79.5 Å². The van der Waals surface area contributed by atoms with Crippen molar-refractivity contribution in [1.29, 1.82) is 0 Å². The largest absolute Gasteiger partial charge is 0.481 e. The summed E-state index contributed by atoms with van der Waals surface area (Å²) in [6, 6.07) is 5.98. The van der Waals surface area contributed by atoms with E-state index in [-0.39, 0.29) is 18.7 Å². The van der Waals surface area contributed by atoms with Crippen LogP contribution in [-0.4, -0.2) is 32.6 Å². The van der Waals surface area contributed by atoms with E-state index in [0.717, 1.165) is 34.9 Å². The molecule has 1 aromatic carbocycles. The van der Waals surface area contributed by atoms with Crippen molar-refractivity contribution in [2.45, 2.75) is 45.3 Å². The molecule has 1 heterocycles. The van der Waals surface area contributed by atoms with E-state index < -0.39 is 12.1 Å². The molecule has 0 bridgehead atoms. The van der Waals surface area contributed by atoms with Crippen LogP contribution in [0.5, 0.6) is 0 Å². The second-order valence-corrected chi connectivity index (χ2v) is 5.99. The number of carboxylic acid groups (broad SMARTS) is 1. The van der Waals surface area contributed by atoms with Gasteiger partial charge in [0.05, 0.1) is 18.2 Å². The highest BCUT2D eigenvalue weighted by Gasteiger charge is 2.27. The number of carbonyl (C=O) groups excluding carboxylic acids is 1. The molecule has 5 heteroatoms. The fraction of sp³-hybridized carbons (Fsp3) is 0.412. The number of aliphatic carboxylic acids is 1. The van der Waals surface area contributed by atoms with Gasteiger partial charge in [-0.2, -0.15) is 0 Å². The van der Waals surface area contributed by atoms with E-state index in [1.165, 1.54) is 0 Å². The highest BCUT2D eigenvalue weighted by Crippen LogP contribution is 2.33. The molecule has 2 N–H and O–H groups in total. The number of fused-ring (bicyclic) bond motifs is 3. The average Bonchev–Trinajstić information content (AvgIpc) is 2.73. The Labute approximate surface area is 128 Å². The smallest absolute Gasteiger partial charge is 0.306 e. The zero-order valence-electron chi connectivity index (χ0n) is 12.5. The molecule has 5 nitrogen and oxygen atoms in total. The van der Waals surface area contributed by atoms with Crippen molar-refractivity contribution >= 4 is 22.7 Å². The molecule has 0 spiro atoms. The first-order valence-electron chi connectivity index (χ1n) is 7.52. The number of rotatable bonds is 4. The lowest BCUT2D eigenvalue weighted by molar-refractivity contribution is -0.139. The third-order valence-electron chi connectivity index (χ3n) is 4.22. The van der Waals surface area contributed by atoms with Crippen LogP contribution in [0, 0.1) is 6.92 Å². The number of hydrogen-bond donors (Lipinski definition) is 2. The van der Waals surface area contributed by atoms with E-state index >= 15 is 0 Å². The number of ketones is 1. The minimum Gasteiger partial charge on any atom is -0.481 e. The number of aromatic nitrogens is 1. The van der Waals surface area contributed by atoms with Crippen molar-refractivity contribution in [3.63, 3.8) is 0 Å². The maximum Gasteiger partial charge on any atom is 0.306 e. The van der Waals surface area contributed by atoms with Crippen LogP contribution in [0.15, 0.2) is 18.2 Å². The normalized spacial score (nSPS) is 15.8. The van der Waals surface area contributed by atoms with Gasteiger partial charge in [0.25, 0.3) is 0 Å². The molecule has 1 aromatic heterocycles. The third-order valence-corrected chi connectivity index (χ3v) is 4.22. The molecule has 1 atom stereocenters. The van der Waals surface area contributed by atoms with Crippen LogP contribution >= 0.6 is 0 Å². The number of Topliss-reactive ketones (excluding diaryl/α,β-unsaturated/α-hetero) is 1. The quantitative estimate of drug-likeness (QED) is 0.908. The first-order valence-corrected chi connectivity index (χ1v) is 7.52. The number of benzene rings is 1. The summed E-state index contributed by atoms with van der Waals surface area (Å²) in [5.74, 6) is -0.961. The van der Waals surface area contributed by atoms with Gasteiger partial charge in [0.15, 0.2) is 5.78 Å². The Morgan fingerprint density at radius 3 is 2.86 bits per heavy atom. The average molecular weight is 301 g/mol. The minimum absolute atomic E-state index is 0.0811. The van der Waals surface area contributed by atoms with Crippen LogP contribution in [0.25, 0.3) is 10.9 Å². The summed E-state index contributed by atoms with van der Waals surface area (Å²) in [5, 5.41) is 19.8. The molecule has 0 amide bonds. The zero-order valence-corrected chi connectivity index (χ0v) is 12.5. The number of aryl methyl sites for hydroxylation is 2. The Morgan fingerprint density at radius 1 is 1.36 bits per heavy atom. The molecule has 2 aromatic rings. The number of carboxylic acids is 1. The number of aliphatic hydroxyl groups is 1. The lowest BCUT2D eigenvalue weighted by Gasteiger charge is -2.17. The van der Waals surface area contributed by atoms with Gasteiger partial charge in [-0.25, -0.2) is 0 Å². The van der Waals surface area contributed by atoms with Crippen molar-refractivity contribution in [2.75, 3.05) is 0 Å². The van der Waals surface area contributed by atoms with E-state index in [4.69, 9.17) is 5.11 Å². The fourth-order valence-corrected chi connectivity index (χ4v) is 3.32. The van der Waals surface area contributed by atoms with Gasteiger partial charge in [-0.3, -0.25) is 9.59 Å². The second-order valence-electron chi connectivity index (χ2n) is 5.99. The van der Waals surface area contributed by atoms with Crippen molar-refractivity contribution in [2.24, 2.45) is 0 Å². The van der Waals surface area contributed by atoms with Crippen molar-refractivity contribution in [1.82, 2.24) is 4.57 Å². The monoisotopic (exact) mass is 301 g/mol. The first-order chi connectivity index (χ1) is 10.5. The highest BCUT2D eigenvalue weighted by atomic mass is 16.4. The molecule has 1 aliphatic carbocycles. The van der Waals surface area contributed by atoms with Gasteiger partial charge in [-0.15, -0.1) is 0 Å². The lowest BCUT2D eigenvalue weighted by atomic mass is 9.94. The zero-order chi connectivity index (χ0) is 15.9. The third kappa shape index (κ3) is 2.52. The summed E-state index contributed by atoms with van der Waals surface area (Å²) in [6.07, 6.45) is 0.874. The Bertz CT molecular complexity index is 760. The maximum atomic E-state index is 12.3. The maximum absolute atomic E-state index is 12.3. The molecule has 116 valence electrons. The first kappa shape index (κ1) is 14.8. The molecule has 0 fully saturated rings. The Morgan fingerprint density at radius 2 is 2.14 bits per heavy atom. The molecular formula is C17H19NO4. The van der Waals surface area contributed by atoms with Crippen LogP contribution in [0.1, 0.15) is 40.9 Å². The number of carbonyl (C=O) groups is 2. The highest BCUT2D eigenvalue weighted by molar-refractivity contribution is 6.04. The van der Waals surface area contributed by atoms with Gasteiger partial charge >= 0.3 is 5.97 Å². The second kappa shape index (κ2) is 5.57. The summed E-state index contributed by atoms with van der Waals surface area (Å²) < 4.78 is 1.80. The van der Waals surface area contributed by atoms with Gasteiger partial charge < -0.3 is 14.8 Å². The van der Waals surface area contributed by atoms with Gasteiger partial charge in [-0.1, -0.05) is 11.6 Å². The van der Waals surface area contributed by atoms with E-state index in [2.05, 4.69) is 6.07 Å². The van der Waals surface area contributed by atoms with E-state index in [1.54, 1.807) is 4.57 Å². The van der Waals surface area contributed by atoms with E-state index in [9.17, 15) is 14.7 Å². The predicted octanol–water partition coefficient (Wildman–Crippen LogP) is 2.30. The molecule has 1 unspecified atom stereocenters. The molecule has 3 rings (SSSR count). The molecule has 0 radical (unpaired) electrons. The number of hydrogen-bond acceptors (Lipinski definition) is 3. The summed E-state index contributed by atoms with van der Waals surface area (Å²) in [4.78, 5) is 23.1. The van der Waals surface area contributed by atoms with Crippen LogP contribution in [0.4, 0.5) is 0 Å². The van der Waals surface area contributed by atoms with Gasteiger partial charge in [0.2, 0.25) is 0 Å². The van der Waals surface area contributed by atoms with Crippen LogP contribution in [0.2, 0.25) is 0 Å². The van der Waals surface area contributed by atoms with E-state index in [1.807, 2.05) is 19.1 Å². The number of nitrogens with zero attached hydrogens (tertiary/aromatic N) is 1. The van der Waals surface area contributed by atoms with Crippen molar-refractivity contribution in [3.8, 4) is 0 Å². The molecular weight excluding hydrogens is 282 g/mol. The molecule has 22 heavy (non-hydrogen) atoms. The molecule has 0 saturated heterocycles. The molecule has 0 aliphatic heterocycles. The van der Waals surface area contributed by atoms with Crippen molar-refractivity contribution in [3.05, 3.63) is 35.0 Å².